The molecule has 0 bridgehead atoms. The molecular weight excluding hydrogens is 456 g/mol. The third kappa shape index (κ3) is 3.17. The van der Waals surface area contributed by atoms with Gasteiger partial charge in [-0.25, -0.2) is 0 Å². The Morgan fingerprint density at radius 1 is 0.237 bits per heavy atom. The van der Waals surface area contributed by atoms with Gasteiger partial charge < -0.3 is 0 Å². The lowest BCUT2D eigenvalue weighted by Gasteiger charge is -2.13. The monoisotopic (exact) mass is 480 g/mol. The predicted molar refractivity (Wildman–Crippen MR) is 165 cm³/mol. The topological polar surface area (TPSA) is 0 Å². The van der Waals surface area contributed by atoms with Gasteiger partial charge in [0.1, 0.15) is 0 Å². The van der Waals surface area contributed by atoms with Gasteiger partial charge in [0.2, 0.25) is 0 Å². The van der Waals surface area contributed by atoms with Gasteiger partial charge in [-0.05, 0) is 88.2 Å². The van der Waals surface area contributed by atoms with Gasteiger partial charge >= 0.3 is 0 Å². The van der Waals surface area contributed by atoms with E-state index in [1.807, 2.05) is 0 Å². The summed E-state index contributed by atoms with van der Waals surface area (Å²) in [7, 11) is 0. The van der Waals surface area contributed by atoms with Crippen LogP contribution in [0.5, 0.6) is 0 Å². The third-order valence-electron chi connectivity index (χ3n) is 8.04. The van der Waals surface area contributed by atoms with Gasteiger partial charge in [-0.2, -0.15) is 0 Å². The van der Waals surface area contributed by atoms with E-state index in [0.29, 0.717) is 0 Å². The van der Waals surface area contributed by atoms with Crippen LogP contribution in [0, 0.1) is 0 Å². The molecule has 0 aliphatic rings. The second kappa shape index (κ2) is 8.30. The lowest BCUT2D eigenvalue weighted by molar-refractivity contribution is 1.63. The Balaban J connectivity index is 1.29. The van der Waals surface area contributed by atoms with E-state index in [2.05, 4.69) is 146 Å². The zero-order valence-corrected chi connectivity index (χ0v) is 20.9. The highest BCUT2D eigenvalue weighted by molar-refractivity contribution is 6.25. The minimum absolute atomic E-state index is 1.23. The van der Waals surface area contributed by atoms with Gasteiger partial charge in [-0.3, -0.25) is 0 Å². The van der Waals surface area contributed by atoms with Crippen LogP contribution in [-0.2, 0) is 0 Å². The van der Waals surface area contributed by atoms with Crippen molar-refractivity contribution in [2.75, 3.05) is 0 Å². The Kier molecular flexibility index (Phi) is 4.62. The van der Waals surface area contributed by atoms with Crippen LogP contribution in [0.15, 0.2) is 146 Å². The van der Waals surface area contributed by atoms with Crippen molar-refractivity contribution in [3.63, 3.8) is 0 Å². The molecule has 0 heterocycles. The van der Waals surface area contributed by atoms with Crippen molar-refractivity contribution in [2.45, 2.75) is 0 Å². The number of benzene rings is 8. The van der Waals surface area contributed by atoms with Crippen molar-refractivity contribution >= 4 is 53.9 Å². The molecule has 0 radical (unpaired) electrons. The van der Waals surface area contributed by atoms with Gasteiger partial charge in [0.25, 0.3) is 0 Å². The first-order chi connectivity index (χ1) is 18.8. The van der Waals surface area contributed by atoms with Crippen molar-refractivity contribution in [3.05, 3.63) is 146 Å². The van der Waals surface area contributed by atoms with Crippen LogP contribution >= 0.6 is 0 Å². The Morgan fingerprint density at radius 2 is 0.658 bits per heavy atom. The number of rotatable bonds is 2. The molecule has 0 heteroatoms. The van der Waals surface area contributed by atoms with Crippen molar-refractivity contribution in [2.24, 2.45) is 0 Å². The molecule has 176 valence electrons. The van der Waals surface area contributed by atoms with Gasteiger partial charge in [0, 0.05) is 0 Å². The highest BCUT2D eigenvalue weighted by atomic mass is 14.1. The average molecular weight is 481 g/mol. The largest absolute Gasteiger partial charge is 0.0616 e. The predicted octanol–water partition coefficient (Wildman–Crippen LogP) is 10.8. The fourth-order valence-electron chi connectivity index (χ4n) is 6.22. The highest BCUT2D eigenvalue weighted by Gasteiger charge is 2.11. The van der Waals surface area contributed by atoms with E-state index in [4.69, 9.17) is 0 Å². The molecule has 0 atom stereocenters. The molecule has 38 heavy (non-hydrogen) atoms. The minimum atomic E-state index is 1.23. The molecule has 8 aromatic rings. The first kappa shape index (κ1) is 21.2. The Bertz CT molecular complexity index is 2130. The van der Waals surface area contributed by atoms with Crippen molar-refractivity contribution < 1.29 is 0 Å². The summed E-state index contributed by atoms with van der Waals surface area (Å²) < 4.78 is 0. The van der Waals surface area contributed by atoms with E-state index in [-0.39, 0.29) is 0 Å². The molecule has 0 saturated carbocycles. The van der Waals surface area contributed by atoms with Crippen LogP contribution in [0.25, 0.3) is 76.1 Å². The summed E-state index contributed by atoms with van der Waals surface area (Å²) in [4.78, 5) is 0. The van der Waals surface area contributed by atoms with E-state index in [1.165, 1.54) is 76.1 Å². The normalized spacial score (nSPS) is 11.7. The molecule has 0 unspecified atom stereocenters. The summed E-state index contributed by atoms with van der Waals surface area (Å²) in [5.74, 6) is 0. The Hall–Kier alpha value is -4.94. The second-order valence-electron chi connectivity index (χ2n) is 10.1. The van der Waals surface area contributed by atoms with Gasteiger partial charge in [0.05, 0.1) is 0 Å². The minimum Gasteiger partial charge on any atom is -0.0616 e. The summed E-state index contributed by atoms with van der Waals surface area (Å²) in [5.41, 5.74) is 5.00. The Labute approximate surface area is 221 Å². The number of hydrogen-bond acceptors (Lipinski definition) is 0. The van der Waals surface area contributed by atoms with Crippen LogP contribution < -0.4 is 0 Å². The zero-order valence-electron chi connectivity index (χ0n) is 20.9. The van der Waals surface area contributed by atoms with E-state index < -0.39 is 0 Å². The molecule has 0 spiro atoms. The second-order valence-corrected chi connectivity index (χ2v) is 10.1. The Morgan fingerprint density at radius 3 is 1.29 bits per heavy atom. The summed E-state index contributed by atoms with van der Waals surface area (Å²) in [5, 5.41) is 13.0. The fraction of sp³-hybridized carbons (Fsp3) is 0. The maximum atomic E-state index is 2.37. The molecule has 0 N–H and O–H groups in total. The maximum absolute atomic E-state index is 2.37. The molecule has 0 fully saturated rings. The van der Waals surface area contributed by atoms with Gasteiger partial charge in [0.15, 0.2) is 0 Å². The summed E-state index contributed by atoms with van der Waals surface area (Å²) in [6, 6.07) is 53.3. The molecular formula is C38H24. The van der Waals surface area contributed by atoms with E-state index >= 15 is 0 Å². The van der Waals surface area contributed by atoms with Crippen LogP contribution in [0.2, 0.25) is 0 Å². The van der Waals surface area contributed by atoms with Crippen LogP contribution in [0.4, 0.5) is 0 Å². The van der Waals surface area contributed by atoms with Crippen LogP contribution in [0.3, 0.4) is 0 Å². The molecule has 0 aliphatic carbocycles. The quantitative estimate of drug-likeness (QED) is 0.216. The smallest absolute Gasteiger partial charge is 0.00928 e. The average Bonchev–Trinajstić information content (AvgIpc) is 3.01. The van der Waals surface area contributed by atoms with E-state index in [0.717, 1.165) is 0 Å². The molecule has 0 nitrogen and oxygen atoms in total. The molecule has 0 amide bonds. The first-order valence-electron chi connectivity index (χ1n) is 13.2. The summed E-state index contributed by atoms with van der Waals surface area (Å²) in [6.45, 7) is 0. The standard InChI is InChI=1S/C38H24/c1-2-10-29-28(9-1)24-37(34-15-7-3-11-30(29)34)26-19-17-25(18-20-26)27-21-22-36-33-14-5-4-12-31(33)32-13-6-8-16-35(32)38(36)23-27/h1-24H. The zero-order chi connectivity index (χ0) is 25.1. The van der Waals surface area contributed by atoms with Gasteiger partial charge in [-0.15, -0.1) is 0 Å². The SMILES string of the molecule is c1ccc2c(c1)cc(-c1ccc(-c3ccc4c5ccccc5c5ccccc5c4c3)cc1)c1ccccc12. The highest BCUT2D eigenvalue weighted by Crippen LogP contribution is 2.38. The maximum Gasteiger partial charge on any atom is -0.00928 e. The molecule has 0 saturated heterocycles. The van der Waals surface area contributed by atoms with E-state index in [1.54, 1.807) is 0 Å². The molecule has 8 aromatic carbocycles. The number of fused-ring (bicyclic) bond motifs is 9. The summed E-state index contributed by atoms with van der Waals surface area (Å²) >= 11 is 0. The third-order valence-corrected chi connectivity index (χ3v) is 8.04. The van der Waals surface area contributed by atoms with Crippen molar-refractivity contribution in [1.29, 1.82) is 0 Å². The molecule has 0 aliphatic heterocycles. The molecule has 8 rings (SSSR count). The van der Waals surface area contributed by atoms with Gasteiger partial charge in [-0.1, -0.05) is 133 Å². The number of hydrogen-bond donors (Lipinski definition) is 0. The van der Waals surface area contributed by atoms with Crippen molar-refractivity contribution in [1.82, 2.24) is 0 Å². The van der Waals surface area contributed by atoms with Crippen LogP contribution in [0.1, 0.15) is 0 Å². The summed E-state index contributed by atoms with van der Waals surface area (Å²) in [6.07, 6.45) is 0. The van der Waals surface area contributed by atoms with Crippen LogP contribution in [-0.4, -0.2) is 0 Å². The fourth-order valence-corrected chi connectivity index (χ4v) is 6.22. The van der Waals surface area contributed by atoms with Crippen molar-refractivity contribution in [3.8, 4) is 22.3 Å². The molecule has 0 aromatic heterocycles. The first-order valence-corrected chi connectivity index (χ1v) is 13.2. The van der Waals surface area contributed by atoms with E-state index in [9.17, 15) is 0 Å². The lowest BCUT2D eigenvalue weighted by atomic mass is 9.91. The lowest BCUT2D eigenvalue weighted by Crippen LogP contribution is -1.86.